The lowest BCUT2D eigenvalue weighted by atomic mass is 10.2. The number of carbonyl (C=O) groups is 3. The minimum absolute atomic E-state index is 0.0584. The van der Waals surface area contributed by atoms with Crippen LogP contribution in [0.25, 0.3) is 0 Å². The van der Waals surface area contributed by atoms with Crippen molar-refractivity contribution in [3.05, 3.63) is 29.8 Å². The Morgan fingerprint density at radius 2 is 1.71 bits per heavy atom. The fraction of sp³-hybridized carbons (Fsp3) is 0.357. The third-order valence-electron chi connectivity index (χ3n) is 2.48. The predicted octanol–water partition coefficient (Wildman–Crippen LogP) is -0.162. The van der Waals surface area contributed by atoms with Crippen molar-refractivity contribution in [3.8, 4) is 0 Å². The summed E-state index contributed by atoms with van der Waals surface area (Å²) < 4.78 is 0. The monoisotopic (exact) mass is 292 g/mol. The molecule has 0 fully saturated rings. The molecule has 0 atom stereocenters. The van der Waals surface area contributed by atoms with Gasteiger partial charge in [0.25, 0.3) is 5.91 Å². The van der Waals surface area contributed by atoms with E-state index in [2.05, 4.69) is 16.0 Å². The third-order valence-corrected chi connectivity index (χ3v) is 2.48. The summed E-state index contributed by atoms with van der Waals surface area (Å²) in [6, 6.07) is 6.54. The average Bonchev–Trinajstić information content (AvgIpc) is 2.44. The lowest BCUT2D eigenvalue weighted by Crippen LogP contribution is -2.36. The van der Waals surface area contributed by atoms with Crippen molar-refractivity contribution in [2.75, 3.05) is 18.4 Å². The molecule has 7 nitrogen and oxygen atoms in total. The van der Waals surface area contributed by atoms with Gasteiger partial charge in [0.1, 0.15) is 0 Å². The van der Waals surface area contributed by atoms with Crippen molar-refractivity contribution >= 4 is 23.4 Å². The number of hydrogen-bond donors (Lipinski definition) is 4. The van der Waals surface area contributed by atoms with Crippen molar-refractivity contribution in [2.45, 2.75) is 19.9 Å². The molecule has 21 heavy (non-hydrogen) atoms. The molecule has 0 bridgehead atoms. The first-order valence-corrected chi connectivity index (χ1v) is 6.60. The van der Waals surface area contributed by atoms with Gasteiger partial charge < -0.3 is 21.7 Å². The summed E-state index contributed by atoms with van der Waals surface area (Å²) in [7, 11) is 0. The maximum Gasteiger partial charge on any atom is 0.251 e. The Hall–Kier alpha value is -2.41. The van der Waals surface area contributed by atoms with Gasteiger partial charge in [-0.25, -0.2) is 0 Å². The highest BCUT2D eigenvalue weighted by Gasteiger charge is 2.08. The zero-order chi connectivity index (χ0) is 15.8. The van der Waals surface area contributed by atoms with Crippen LogP contribution in [0.2, 0.25) is 0 Å². The van der Waals surface area contributed by atoms with E-state index in [-0.39, 0.29) is 30.9 Å². The number of rotatable bonds is 6. The van der Waals surface area contributed by atoms with Gasteiger partial charge in [0.05, 0.1) is 13.1 Å². The molecule has 1 aromatic rings. The van der Waals surface area contributed by atoms with Gasteiger partial charge in [-0.1, -0.05) is 0 Å². The molecular weight excluding hydrogens is 272 g/mol. The summed E-state index contributed by atoms with van der Waals surface area (Å²) in [5.74, 6) is -0.930. The van der Waals surface area contributed by atoms with Gasteiger partial charge in [-0.3, -0.25) is 14.4 Å². The molecule has 0 aliphatic heterocycles. The van der Waals surface area contributed by atoms with Crippen LogP contribution in [-0.2, 0) is 9.59 Å². The van der Waals surface area contributed by atoms with Gasteiger partial charge in [0.15, 0.2) is 0 Å². The fourth-order valence-corrected chi connectivity index (χ4v) is 1.51. The van der Waals surface area contributed by atoms with Gasteiger partial charge >= 0.3 is 0 Å². The Labute approximate surface area is 123 Å². The number of hydrogen-bond acceptors (Lipinski definition) is 4. The number of benzene rings is 1. The summed E-state index contributed by atoms with van der Waals surface area (Å²) in [5, 5.41) is 7.74. The average molecular weight is 292 g/mol. The van der Waals surface area contributed by atoms with E-state index >= 15 is 0 Å². The van der Waals surface area contributed by atoms with Crippen molar-refractivity contribution in [3.63, 3.8) is 0 Å². The van der Waals surface area contributed by atoms with Gasteiger partial charge in [-0.15, -0.1) is 0 Å². The minimum Gasteiger partial charge on any atom is -0.350 e. The molecular formula is C14H20N4O3. The van der Waals surface area contributed by atoms with Crippen LogP contribution < -0.4 is 21.7 Å². The number of amides is 3. The molecule has 0 spiro atoms. The number of nitrogens with two attached hydrogens (primary N) is 1. The summed E-state index contributed by atoms with van der Waals surface area (Å²) in [4.78, 5) is 34.2. The van der Waals surface area contributed by atoms with Crippen LogP contribution in [0.4, 0.5) is 5.69 Å². The van der Waals surface area contributed by atoms with Crippen LogP contribution in [0.5, 0.6) is 0 Å². The topological polar surface area (TPSA) is 113 Å². The van der Waals surface area contributed by atoms with Crippen LogP contribution in [0.1, 0.15) is 24.2 Å². The largest absolute Gasteiger partial charge is 0.350 e. The van der Waals surface area contributed by atoms with Gasteiger partial charge in [-0.05, 0) is 38.1 Å². The van der Waals surface area contributed by atoms with Crippen molar-refractivity contribution in [2.24, 2.45) is 5.73 Å². The number of carbonyl (C=O) groups excluding carboxylic acids is 3. The second-order valence-electron chi connectivity index (χ2n) is 4.73. The Kier molecular flexibility index (Phi) is 6.35. The van der Waals surface area contributed by atoms with E-state index in [1.54, 1.807) is 24.3 Å². The zero-order valence-corrected chi connectivity index (χ0v) is 12.1. The molecule has 5 N–H and O–H groups in total. The molecule has 0 aromatic heterocycles. The molecule has 0 unspecified atom stereocenters. The second kappa shape index (κ2) is 8.01. The number of nitrogens with one attached hydrogen (secondary N) is 3. The maximum absolute atomic E-state index is 11.7. The second-order valence-corrected chi connectivity index (χ2v) is 4.73. The highest BCUT2D eigenvalue weighted by molar-refractivity contribution is 5.97. The predicted molar refractivity (Wildman–Crippen MR) is 79.7 cm³/mol. The summed E-state index contributed by atoms with van der Waals surface area (Å²) >= 11 is 0. The normalized spacial score (nSPS) is 10.1. The van der Waals surface area contributed by atoms with Crippen molar-refractivity contribution in [1.82, 2.24) is 10.6 Å². The Bertz CT molecular complexity index is 511. The molecule has 0 saturated carbocycles. The highest BCUT2D eigenvalue weighted by Crippen LogP contribution is 2.09. The van der Waals surface area contributed by atoms with Crippen LogP contribution in [-0.4, -0.2) is 36.9 Å². The molecule has 0 heterocycles. The molecule has 114 valence electrons. The summed E-state index contributed by atoms with van der Waals surface area (Å²) in [6.07, 6.45) is 0. The van der Waals surface area contributed by atoms with E-state index in [0.29, 0.717) is 11.3 Å². The fourth-order valence-electron chi connectivity index (χ4n) is 1.51. The molecule has 1 aromatic carbocycles. The summed E-state index contributed by atoms with van der Waals surface area (Å²) in [5.41, 5.74) is 6.17. The lowest BCUT2D eigenvalue weighted by Gasteiger charge is -2.09. The molecule has 7 heteroatoms. The number of anilines is 1. The summed E-state index contributed by atoms with van der Waals surface area (Å²) in [6.45, 7) is 3.45. The van der Waals surface area contributed by atoms with E-state index in [0.717, 1.165) is 0 Å². The first-order chi connectivity index (χ1) is 9.92. The standard InChI is InChI=1S/C14H20N4O3/c1-9(2)17-14(21)10-3-5-11(6-4-10)18-13(20)8-16-12(19)7-15/h3-6,9H,7-8,15H2,1-2H3,(H,16,19)(H,17,21)(H,18,20). The van der Waals surface area contributed by atoms with Gasteiger partial charge in [0, 0.05) is 17.3 Å². The Balaban J connectivity index is 2.52. The van der Waals surface area contributed by atoms with E-state index < -0.39 is 5.91 Å². The zero-order valence-electron chi connectivity index (χ0n) is 12.1. The molecule has 0 aliphatic carbocycles. The van der Waals surface area contributed by atoms with E-state index in [9.17, 15) is 14.4 Å². The van der Waals surface area contributed by atoms with E-state index in [4.69, 9.17) is 5.73 Å². The molecule has 0 saturated heterocycles. The first-order valence-electron chi connectivity index (χ1n) is 6.60. The smallest absolute Gasteiger partial charge is 0.251 e. The van der Waals surface area contributed by atoms with Gasteiger partial charge in [-0.2, -0.15) is 0 Å². The molecule has 0 radical (unpaired) electrons. The maximum atomic E-state index is 11.7. The van der Waals surface area contributed by atoms with Crippen molar-refractivity contribution in [1.29, 1.82) is 0 Å². The minimum atomic E-state index is -0.397. The van der Waals surface area contributed by atoms with Crippen molar-refractivity contribution < 1.29 is 14.4 Å². The third kappa shape index (κ3) is 6.05. The van der Waals surface area contributed by atoms with E-state index in [1.165, 1.54) is 0 Å². The van der Waals surface area contributed by atoms with Crippen LogP contribution in [0.15, 0.2) is 24.3 Å². The van der Waals surface area contributed by atoms with Crippen LogP contribution in [0, 0.1) is 0 Å². The SMILES string of the molecule is CC(C)NC(=O)c1ccc(NC(=O)CNC(=O)CN)cc1. The Morgan fingerprint density at radius 1 is 1.10 bits per heavy atom. The Morgan fingerprint density at radius 3 is 2.24 bits per heavy atom. The van der Waals surface area contributed by atoms with Gasteiger partial charge in [0.2, 0.25) is 11.8 Å². The molecule has 1 rings (SSSR count). The highest BCUT2D eigenvalue weighted by atomic mass is 16.2. The van der Waals surface area contributed by atoms with E-state index in [1.807, 2.05) is 13.8 Å². The molecule has 3 amide bonds. The molecule has 0 aliphatic rings. The lowest BCUT2D eigenvalue weighted by molar-refractivity contribution is -0.123. The first kappa shape index (κ1) is 16.6. The van der Waals surface area contributed by atoms with Crippen LogP contribution in [0.3, 0.4) is 0 Å². The quantitative estimate of drug-likeness (QED) is 0.583. The van der Waals surface area contributed by atoms with Crippen LogP contribution >= 0.6 is 0 Å².